The summed E-state index contributed by atoms with van der Waals surface area (Å²) in [6.45, 7) is 1.95. The van der Waals surface area contributed by atoms with E-state index in [4.69, 9.17) is 0 Å². The summed E-state index contributed by atoms with van der Waals surface area (Å²) < 4.78 is 1.84. The summed E-state index contributed by atoms with van der Waals surface area (Å²) >= 11 is 1.71. The normalized spacial score (nSPS) is 19.2. The number of thiophene rings is 1. The number of hydrogen-bond donors (Lipinski definition) is 2. The van der Waals surface area contributed by atoms with Crippen LogP contribution in [0.3, 0.4) is 0 Å². The minimum Gasteiger partial charge on any atom is -0.385 e. The van der Waals surface area contributed by atoms with Crippen molar-refractivity contribution >= 4 is 17.4 Å². The van der Waals surface area contributed by atoms with Gasteiger partial charge in [0.15, 0.2) is 0 Å². The number of rotatable bonds is 5. The van der Waals surface area contributed by atoms with E-state index < -0.39 is 6.10 Å². The van der Waals surface area contributed by atoms with E-state index in [0.29, 0.717) is 18.9 Å². The molecule has 3 heterocycles. The third kappa shape index (κ3) is 3.96. The third-order valence-electron chi connectivity index (χ3n) is 4.54. The molecule has 0 aliphatic carbocycles. The number of urea groups is 1. The third-order valence-corrected chi connectivity index (χ3v) is 5.48. The Labute approximate surface area is 146 Å². The fourth-order valence-electron chi connectivity index (χ4n) is 3.18. The molecule has 3 rings (SSSR count). The Morgan fingerprint density at radius 1 is 1.58 bits per heavy atom. The van der Waals surface area contributed by atoms with Gasteiger partial charge in [0, 0.05) is 49.9 Å². The average molecular weight is 348 g/mol. The van der Waals surface area contributed by atoms with Gasteiger partial charge in [0.1, 0.15) is 11.9 Å². The van der Waals surface area contributed by atoms with Crippen LogP contribution in [0.15, 0.2) is 29.9 Å². The Kier molecular flexibility index (Phi) is 5.52. The fraction of sp³-hybridized carbons (Fsp3) is 0.529. The maximum atomic E-state index is 12.4. The van der Waals surface area contributed by atoms with Crippen LogP contribution in [0.5, 0.6) is 0 Å². The molecule has 1 fully saturated rings. The van der Waals surface area contributed by atoms with Crippen molar-refractivity contribution in [3.63, 3.8) is 0 Å². The van der Waals surface area contributed by atoms with Gasteiger partial charge in [0.25, 0.3) is 0 Å². The smallest absolute Gasteiger partial charge is 0.317 e. The zero-order valence-corrected chi connectivity index (χ0v) is 14.7. The molecule has 24 heavy (non-hydrogen) atoms. The molecule has 2 N–H and O–H groups in total. The predicted molar refractivity (Wildman–Crippen MR) is 93.9 cm³/mol. The van der Waals surface area contributed by atoms with Gasteiger partial charge >= 0.3 is 6.03 Å². The Hall–Kier alpha value is -1.86. The minimum atomic E-state index is -0.633. The molecule has 130 valence electrons. The number of aryl methyl sites for hydroxylation is 1. The van der Waals surface area contributed by atoms with Gasteiger partial charge in [-0.15, -0.1) is 11.3 Å². The van der Waals surface area contributed by atoms with Gasteiger partial charge in [-0.2, -0.15) is 0 Å². The molecule has 0 bridgehead atoms. The number of carbonyl (C=O) groups excluding carboxylic acids is 1. The summed E-state index contributed by atoms with van der Waals surface area (Å²) in [5.74, 6) is 0.697. The summed E-state index contributed by atoms with van der Waals surface area (Å²) in [6.07, 6.45) is 5.56. The maximum absolute atomic E-state index is 12.4. The second kappa shape index (κ2) is 7.81. The summed E-state index contributed by atoms with van der Waals surface area (Å²) in [5.41, 5.74) is 0. The molecule has 2 unspecified atom stereocenters. The number of aliphatic hydroxyl groups is 1. The first kappa shape index (κ1) is 17.0. The van der Waals surface area contributed by atoms with Crippen molar-refractivity contribution in [1.82, 2.24) is 19.8 Å². The van der Waals surface area contributed by atoms with E-state index >= 15 is 0 Å². The second-order valence-corrected chi connectivity index (χ2v) is 7.28. The number of aliphatic hydroxyl groups excluding tert-OH is 1. The highest BCUT2D eigenvalue weighted by Crippen LogP contribution is 2.28. The lowest BCUT2D eigenvalue weighted by Crippen LogP contribution is -2.47. The number of carbonyl (C=O) groups is 1. The SMILES string of the molecule is Cn1ccnc1C(O)C1CCCN(C(=O)NCCc2cccs2)C1. The van der Waals surface area contributed by atoms with E-state index in [1.165, 1.54) is 4.88 Å². The van der Waals surface area contributed by atoms with Gasteiger partial charge in [0.05, 0.1) is 0 Å². The van der Waals surface area contributed by atoms with Crippen LogP contribution in [0, 0.1) is 5.92 Å². The first-order valence-electron chi connectivity index (χ1n) is 8.35. The van der Waals surface area contributed by atoms with Crippen LogP contribution in [0.4, 0.5) is 4.79 Å². The Balaban J connectivity index is 1.51. The molecule has 0 saturated carbocycles. The number of amides is 2. The molecular weight excluding hydrogens is 324 g/mol. The number of piperidine rings is 1. The molecule has 1 saturated heterocycles. The van der Waals surface area contributed by atoms with Gasteiger partial charge in [-0.05, 0) is 30.7 Å². The van der Waals surface area contributed by atoms with Gasteiger partial charge < -0.3 is 19.9 Å². The summed E-state index contributed by atoms with van der Waals surface area (Å²) in [5, 5.41) is 15.6. The lowest BCUT2D eigenvalue weighted by molar-refractivity contribution is 0.0533. The Morgan fingerprint density at radius 2 is 2.46 bits per heavy atom. The summed E-state index contributed by atoms with van der Waals surface area (Å²) in [6, 6.07) is 4.07. The van der Waals surface area contributed by atoms with E-state index in [0.717, 1.165) is 25.8 Å². The molecule has 6 nitrogen and oxygen atoms in total. The zero-order chi connectivity index (χ0) is 16.9. The molecule has 0 radical (unpaired) electrons. The topological polar surface area (TPSA) is 70.4 Å². The molecular formula is C17H24N4O2S. The Bertz CT molecular complexity index is 655. The van der Waals surface area contributed by atoms with Crippen molar-refractivity contribution in [2.45, 2.75) is 25.4 Å². The lowest BCUT2D eigenvalue weighted by Gasteiger charge is -2.34. The standard InChI is InChI=1S/C17H24N4O2S/c1-20-10-8-18-16(20)15(22)13-4-2-9-21(12-13)17(23)19-7-6-14-5-3-11-24-14/h3,5,8,10-11,13,15,22H,2,4,6-7,9,12H2,1H3,(H,19,23). The summed E-state index contributed by atoms with van der Waals surface area (Å²) in [4.78, 5) is 19.7. The molecule has 2 aromatic rings. The number of aromatic nitrogens is 2. The number of nitrogens with one attached hydrogen (secondary N) is 1. The zero-order valence-electron chi connectivity index (χ0n) is 13.9. The molecule has 2 aromatic heterocycles. The largest absolute Gasteiger partial charge is 0.385 e. The molecule has 0 aromatic carbocycles. The van der Waals surface area contributed by atoms with Gasteiger partial charge in [-0.3, -0.25) is 0 Å². The van der Waals surface area contributed by atoms with Crippen LogP contribution in [0.25, 0.3) is 0 Å². The minimum absolute atomic E-state index is 0.0305. The van der Waals surface area contributed by atoms with E-state index in [1.54, 1.807) is 17.5 Å². The maximum Gasteiger partial charge on any atom is 0.317 e. The Morgan fingerprint density at radius 3 is 3.17 bits per heavy atom. The number of nitrogens with zero attached hydrogens (tertiary/aromatic N) is 3. The first-order valence-corrected chi connectivity index (χ1v) is 9.23. The van der Waals surface area contributed by atoms with Crippen molar-refractivity contribution in [1.29, 1.82) is 0 Å². The molecule has 1 aliphatic heterocycles. The van der Waals surface area contributed by atoms with Crippen LogP contribution in [0.1, 0.15) is 29.6 Å². The van der Waals surface area contributed by atoms with Crippen molar-refractivity contribution in [3.8, 4) is 0 Å². The van der Waals surface area contributed by atoms with Crippen molar-refractivity contribution in [3.05, 3.63) is 40.6 Å². The van der Waals surface area contributed by atoms with Crippen LogP contribution < -0.4 is 5.32 Å². The average Bonchev–Trinajstić information content (AvgIpc) is 3.26. The van der Waals surface area contributed by atoms with Gasteiger partial charge in [0.2, 0.25) is 0 Å². The van der Waals surface area contributed by atoms with Crippen LogP contribution in [0.2, 0.25) is 0 Å². The van der Waals surface area contributed by atoms with Crippen LogP contribution in [-0.4, -0.2) is 45.2 Å². The highest BCUT2D eigenvalue weighted by molar-refractivity contribution is 7.09. The molecule has 2 amide bonds. The first-order chi connectivity index (χ1) is 11.6. The van der Waals surface area contributed by atoms with E-state index in [9.17, 15) is 9.90 Å². The van der Waals surface area contributed by atoms with E-state index in [1.807, 2.05) is 34.2 Å². The summed E-state index contributed by atoms with van der Waals surface area (Å²) in [7, 11) is 1.88. The number of likely N-dealkylation sites (tertiary alicyclic amines) is 1. The van der Waals surface area contributed by atoms with Crippen LogP contribution >= 0.6 is 11.3 Å². The molecule has 2 atom stereocenters. The molecule has 7 heteroatoms. The highest BCUT2D eigenvalue weighted by atomic mass is 32.1. The number of imidazole rings is 1. The van der Waals surface area contributed by atoms with Crippen molar-refractivity contribution < 1.29 is 9.90 Å². The second-order valence-electron chi connectivity index (χ2n) is 6.25. The highest BCUT2D eigenvalue weighted by Gasteiger charge is 2.30. The fourth-order valence-corrected chi connectivity index (χ4v) is 3.89. The van der Waals surface area contributed by atoms with E-state index in [-0.39, 0.29) is 11.9 Å². The van der Waals surface area contributed by atoms with Gasteiger partial charge in [-0.25, -0.2) is 9.78 Å². The van der Waals surface area contributed by atoms with Crippen LogP contribution in [-0.2, 0) is 13.5 Å². The lowest BCUT2D eigenvalue weighted by atomic mass is 9.92. The van der Waals surface area contributed by atoms with E-state index in [2.05, 4.69) is 16.4 Å². The van der Waals surface area contributed by atoms with Crippen molar-refractivity contribution in [2.24, 2.45) is 13.0 Å². The number of hydrogen-bond acceptors (Lipinski definition) is 4. The van der Waals surface area contributed by atoms with Gasteiger partial charge in [-0.1, -0.05) is 6.07 Å². The quantitative estimate of drug-likeness (QED) is 0.870. The monoisotopic (exact) mass is 348 g/mol. The predicted octanol–water partition coefficient (Wildman–Crippen LogP) is 2.18. The molecule has 0 spiro atoms. The van der Waals surface area contributed by atoms with Crippen molar-refractivity contribution in [2.75, 3.05) is 19.6 Å². The molecule has 1 aliphatic rings.